The Bertz CT molecular complexity index is 522. The Labute approximate surface area is 131 Å². The molecule has 1 aromatic rings. The molecular weight excluding hydrogens is 306 g/mol. The van der Waals surface area contributed by atoms with Gasteiger partial charge in [-0.25, -0.2) is 13.1 Å². The van der Waals surface area contributed by atoms with Crippen LogP contribution in [-0.2, 0) is 16.6 Å². The van der Waals surface area contributed by atoms with Crippen molar-refractivity contribution in [3.63, 3.8) is 0 Å². The van der Waals surface area contributed by atoms with Crippen molar-refractivity contribution >= 4 is 21.8 Å². The van der Waals surface area contributed by atoms with Crippen LogP contribution in [0, 0.1) is 5.92 Å². The summed E-state index contributed by atoms with van der Waals surface area (Å²) in [7, 11) is -3.39. The van der Waals surface area contributed by atoms with Gasteiger partial charge in [0.25, 0.3) is 0 Å². The van der Waals surface area contributed by atoms with Gasteiger partial charge in [0.1, 0.15) is 0 Å². The molecule has 2 rings (SSSR count). The predicted octanol–water partition coefficient (Wildman–Crippen LogP) is 1.94. The fourth-order valence-electron chi connectivity index (χ4n) is 2.34. The summed E-state index contributed by atoms with van der Waals surface area (Å²) < 4.78 is 27.3. The van der Waals surface area contributed by atoms with E-state index in [4.69, 9.17) is 0 Å². The summed E-state index contributed by atoms with van der Waals surface area (Å²) in [5.74, 6) is 2.76. The van der Waals surface area contributed by atoms with Crippen molar-refractivity contribution in [2.45, 2.75) is 37.6 Å². The normalized spacial score (nSPS) is 17.2. The van der Waals surface area contributed by atoms with Gasteiger partial charge in [-0.2, -0.15) is 11.8 Å². The fourth-order valence-corrected chi connectivity index (χ4v) is 4.67. The molecule has 0 atom stereocenters. The summed E-state index contributed by atoms with van der Waals surface area (Å²) >= 11 is 1.95. The Hall–Kier alpha value is -0.500. The van der Waals surface area contributed by atoms with Crippen molar-refractivity contribution in [1.82, 2.24) is 15.0 Å². The van der Waals surface area contributed by atoms with Gasteiger partial charge in [0, 0.05) is 25.0 Å². The number of H-pyrrole nitrogens is 1. The summed E-state index contributed by atoms with van der Waals surface area (Å²) in [5, 5.41) is 3.25. The van der Waals surface area contributed by atoms with E-state index < -0.39 is 10.0 Å². The van der Waals surface area contributed by atoms with Crippen LogP contribution in [0.15, 0.2) is 17.2 Å². The second-order valence-corrected chi connectivity index (χ2v) is 8.44. The van der Waals surface area contributed by atoms with Crippen molar-refractivity contribution in [3.05, 3.63) is 18.0 Å². The third-order valence-corrected chi connectivity index (χ3v) is 6.12. The standard InChI is InChI=1S/C14H25N3O2S2/c1-2-5-15-10-13-8-14(11-16-13)21(18,19)17-9-12-3-6-20-7-4-12/h8,11-12,15-17H,2-7,9-10H2,1H3. The quantitative estimate of drug-likeness (QED) is 0.637. The molecule has 1 aliphatic rings. The molecule has 1 aliphatic heterocycles. The van der Waals surface area contributed by atoms with Crippen LogP contribution in [-0.4, -0.2) is 38.0 Å². The molecule has 0 radical (unpaired) electrons. The van der Waals surface area contributed by atoms with Crippen LogP contribution in [0.5, 0.6) is 0 Å². The van der Waals surface area contributed by atoms with Gasteiger partial charge in [0.05, 0.1) is 4.90 Å². The van der Waals surface area contributed by atoms with Crippen LogP contribution < -0.4 is 10.0 Å². The van der Waals surface area contributed by atoms with Crippen molar-refractivity contribution in [2.75, 3.05) is 24.6 Å². The highest BCUT2D eigenvalue weighted by atomic mass is 32.2. The van der Waals surface area contributed by atoms with Crippen molar-refractivity contribution in [3.8, 4) is 0 Å². The zero-order valence-corrected chi connectivity index (χ0v) is 14.2. The van der Waals surface area contributed by atoms with Crippen LogP contribution in [0.4, 0.5) is 0 Å². The van der Waals surface area contributed by atoms with E-state index in [9.17, 15) is 8.42 Å². The molecule has 1 saturated heterocycles. The molecule has 0 aromatic carbocycles. The molecule has 0 bridgehead atoms. The Morgan fingerprint density at radius 2 is 2.14 bits per heavy atom. The van der Waals surface area contributed by atoms with Gasteiger partial charge in [-0.1, -0.05) is 6.92 Å². The number of aromatic nitrogens is 1. The molecule has 2 heterocycles. The van der Waals surface area contributed by atoms with E-state index in [1.807, 2.05) is 11.8 Å². The fraction of sp³-hybridized carbons (Fsp3) is 0.714. The van der Waals surface area contributed by atoms with Crippen LogP contribution in [0.2, 0.25) is 0 Å². The van der Waals surface area contributed by atoms with Gasteiger partial charge in [-0.15, -0.1) is 0 Å². The van der Waals surface area contributed by atoms with Crippen LogP contribution in [0.1, 0.15) is 31.9 Å². The number of hydrogen-bond acceptors (Lipinski definition) is 4. The van der Waals surface area contributed by atoms with Gasteiger partial charge in [-0.3, -0.25) is 0 Å². The average molecular weight is 332 g/mol. The lowest BCUT2D eigenvalue weighted by molar-refractivity contribution is 0.476. The maximum Gasteiger partial charge on any atom is 0.242 e. The SMILES string of the molecule is CCCNCc1cc(S(=O)(=O)NCC2CCSCC2)c[nH]1. The van der Waals surface area contributed by atoms with E-state index in [0.717, 1.165) is 43.0 Å². The van der Waals surface area contributed by atoms with Crippen LogP contribution in [0.3, 0.4) is 0 Å². The van der Waals surface area contributed by atoms with E-state index in [-0.39, 0.29) is 0 Å². The first-order valence-electron chi connectivity index (χ1n) is 7.57. The van der Waals surface area contributed by atoms with Crippen molar-refractivity contribution < 1.29 is 8.42 Å². The Balaban J connectivity index is 1.86. The van der Waals surface area contributed by atoms with Gasteiger partial charge >= 0.3 is 0 Å². The number of nitrogens with one attached hydrogen (secondary N) is 3. The maximum atomic E-state index is 12.3. The molecular formula is C14H25N3O2S2. The minimum Gasteiger partial charge on any atom is -0.363 e. The molecule has 0 amide bonds. The first-order chi connectivity index (χ1) is 10.1. The predicted molar refractivity (Wildman–Crippen MR) is 88.0 cm³/mol. The van der Waals surface area contributed by atoms with E-state index in [0.29, 0.717) is 23.9 Å². The minimum atomic E-state index is -3.39. The summed E-state index contributed by atoms with van der Waals surface area (Å²) in [4.78, 5) is 3.36. The second-order valence-electron chi connectivity index (χ2n) is 5.45. The topological polar surface area (TPSA) is 74.0 Å². The Morgan fingerprint density at radius 1 is 1.38 bits per heavy atom. The summed E-state index contributed by atoms with van der Waals surface area (Å²) in [6.07, 6.45) is 4.84. The smallest absolute Gasteiger partial charge is 0.242 e. The Morgan fingerprint density at radius 3 is 2.86 bits per heavy atom. The molecule has 1 aromatic heterocycles. The molecule has 0 spiro atoms. The molecule has 0 saturated carbocycles. The summed E-state index contributed by atoms with van der Waals surface area (Å²) in [5.41, 5.74) is 0.901. The molecule has 5 nitrogen and oxygen atoms in total. The summed E-state index contributed by atoms with van der Waals surface area (Å²) in [6.45, 7) is 4.25. The first-order valence-corrected chi connectivity index (χ1v) is 10.2. The van der Waals surface area contributed by atoms with E-state index in [2.05, 4.69) is 21.9 Å². The number of hydrogen-bond donors (Lipinski definition) is 3. The molecule has 120 valence electrons. The first kappa shape index (κ1) is 16.9. The minimum absolute atomic E-state index is 0.334. The zero-order valence-electron chi connectivity index (χ0n) is 12.5. The monoisotopic (exact) mass is 331 g/mol. The van der Waals surface area contributed by atoms with Crippen molar-refractivity contribution in [2.24, 2.45) is 5.92 Å². The van der Waals surface area contributed by atoms with Gasteiger partial charge in [0.15, 0.2) is 0 Å². The molecule has 7 heteroatoms. The number of aromatic amines is 1. The van der Waals surface area contributed by atoms with Gasteiger partial charge < -0.3 is 10.3 Å². The lowest BCUT2D eigenvalue weighted by Crippen LogP contribution is -2.30. The van der Waals surface area contributed by atoms with Gasteiger partial charge in [-0.05, 0) is 49.3 Å². The zero-order chi connectivity index (χ0) is 15.1. The third kappa shape index (κ3) is 5.32. The van der Waals surface area contributed by atoms with Crippen LogP contribution in [0.25, 0.3) is 0 Å². The van der Waals surface area contributed by atoms with Crippen molar-refractivity contribution in [1.29, 1.82) is 0 Å². The number of sulfonamides is 1. The second kappa shape index (κ2) is 8.22. The average Bonchev–Trinajstić information content (AvgIpc) is 2.96. The largest absolute Gasteiger partial charge is 0.363 e. The highest BCUT2D eigenvalue weighted by Gasteiger charge is 2.19. The molecule has 3 N–H and O–H groups in total. The molecule has 1 fully saturated rings. The maximum absolute atomic E-state index is 12.3. The Kier molecular flexibility index (Phi) is 6.60. The number of rotatable bonds is 8. The summed E-state index contributed by atoms with van der Waals surface area (Å²) in [6, 6.07) is 1.71. The molecule has 21 heavy (non-hydrogen) atoms. The molecule has 0 aliphatic carbocycles. The molecule has 0 unspecified atom stereocenters. The lowest BCUT2D eigenvalue weighted by Gasteiger charge is -2.21. The van der Waals surface area contributed by atoms with Gasteiger partial charge in [0.2, 0.25) is 10.0 Å². The van der Waals surface area contributed by atoms with E-state index in [1.165, 1.54) is 0 Å². The van der Waals surface area contributed by atoms with E-state index in [1.54, 1.807) is 12.3 Å². The van der Waals surface area contributed by atoms with Crippen LogP contribution >= 0.6 is 11.8 Å². The third-order valence-electron chi connectivity index (χ3n) is 3.67. The van der Waals surface area contributed by atoms with E-state index >= 15 is 0 Å². The highest BCUT2D eigenvalue weighted by molar-refractivity contribution is 7.99. The lowest BCUT2D eigenvalue weighted by atomic mass is 10.0. The number of thioether (sulfide) groups is 1. The highest BCUT2D eigenvalue weighted by Crippen LogP contribution is 2.22.